The Morgan fingerprint density at radius 2 is 2.06 bits per heavy atom. The lowest BCUT2D eigenvalue weighted by Crippen LogP contribution is -2.22. The van der Waals surface area contributed by atoms with Crippen molar-refractivity contribution in [1.82, 2.24) is 5.32 Å². The van der Waals surface area contributed by atoms with Gasteiger partial charge in [0.05, 0.1) is 5.02 Å². The van der Waals surface area contributed by atoms with E-state index in [2.05, 4.69) is 31.3 Å². The molecule has 1 saturated carbocycles. The largest absolute Gasteiger partial charge is 0.310 e. The zero-order valence-electron chi connectivity index (χ0n) is 11.2. The Bertz CT molecular complexity index is 386. The summed E-state index contributed by atoms with van der Waals surface area (Å²) < 4.78 is 0. The first-order valence-electron chi connectivity index (χ1n) is 6.84. The van der Waals surface area contributed by atoms with Gasteiger partial charge < -0.3 is 5.32 Å². The molecule has 0 radical (unpaired) electrons. The van der Waals surface area contributed by atoms with Gasteiger partial charge in [0.15, 0.2) is 0 Å². The average molecular weight is 284 g/mol. The fourth-order valence-electron chi connectivity index (χ4n) is 2.31. The molecule has 1 aromatic carbocycles. The van der Waals surface area contributed by atoms with E-state index in [1.807, 2.05) is 17.8 Å². The maximum Gasteiger partial charge on any atom is 0.0545 e. The summed E-state index contributed by atoms with van der Waals surface area (Å²) in [5.74, 6) is 0. The van der Waals surface area contributed by atoms with Crippen molar-refractivity contribution in [3.05, 3.63) is 28.8 Å². The summed E-state index contributed by atoms with van der Waals surface area (Å²) in [7, 11) is 0. The Kier molecular flexibility index (Phi) is 5.40. The zero-order valence-corrected chi connectivity index (χ0v) is 12.8. The molecule has 0 aromatic heterocycles. The van der Waals surface area contributed by atoms with Crippen molar-refractivity contribution >= 4 is 23.4 Å². The molecule has 2 rings (SSSR count). The Labute approximate surface area is 120 Å². The lowest BCUT2D eigenvalue weighted by atomic mass is 10.2. The molecule has 0 heterocycles. The molecule has 0 bridgehead atoms. The van der Waals surface area contributed by atoms with Gasteiger partial charge in [-0.3, -0.25) is 0 Å². The van der Waals surface area contributed by atoms with Crippen molar-refractivity contribution in [2.24, 2.45) is 0 Å². The highest BCUT2D eigenvalue weighted by Gasteiger charge is 2.19. The monoisotopic (exact) mass is 283 g/mol. The predicted octanol–water partition coefficient (Wildman–Crippen LogP) is 4.87. The summed E-state index contributed by atoms with van der Waals surface area (Å²) >= 11 is 8.36. The molecule has 0 unspecified atom stereocenters. The van der Waals surface area contributed by atoms with Crippen molar-refractivity contribution in [2.45, 2.75) is 62.3 Å². The number of benzene rings is 1. The number of hydrogen-bond acceptors (Lipinski definition) is 2. The van der Waals surface area contributed by atoms with Crippen LogP contribution in [0.25, 0.3) is 0 Å². The van der Waals surface area contributed by atoms with Crippen LogP contribution in [0.5, 0.6) is 0 Å². The van der Waals surface area contributed by atoms with E-state index < -0.39 is 0 Å². The zero-order chi connectivity index (χ0) is 13.0. The van der Waals surface area contributed by atoms with Gasteiger partial charge in [0.25, 0.3) is 0 Å². The van der Waals surface area contributed by atoms with Gasteiger partial charge in [-0.25, -0.2) is 0 Å². The van der Waals surface area contributed by atoms with Crippen LogP contribution in [-0.2, 0) is 6.54 Å². The van der Waals surface area contributed by atoms with Crippen LogP contribution < -0.4 is 5.32 Å². The van der Waals surface area contributed by atoms with E-state index in [1.165, 1.54) is 36.1 Å². The maximum atomic E-state index is 6.37. The topological polar surface area (TPSA) is 12.0 Å². The van der Waals surface area contributed by atoms with Crippen molar-refractivity contribution in [1.29, 1.82) is 0 Å². The molecule has 1 N–H and O–H groups in total. The predicted molar refractivity (Wildman–Crippen MR) is 81.5 cm³/mol. The fourth-order valence-corrected chi connectivity index (χ4v) is 4.01. The molecule has 0 amide bonds. The first-order valence-corrected chi connectivity index (χ1v) is 8.10. The second-order valence-electron chi connectivity index (χ2n) is 5.29. The molecular weight excluding hydrogens is 262 g/mol. The van der Waals surface area contributed by atoms with Gasteiger partial charge >= 0.3 is 0 Å². The van der Waals surface area contributed by atoms with E-state index in [4.69, 9.17) is 11.6 Å². The molecular formula is C15H22ClNS. The molecule has 1 aliphatic carbocycles. The second-order valence-corrected chi connectivity index (χ2v) is 7.01. The highest BCUT2D eigenvalue weighted by molar-refractivity contribution is 8.00. The average Bonchev–Trinajstić information content (AvgIpc) is 2.82. The minimum Gasteiger partial charge on any atom is -0.310 e. The normalized spacial score (nSPS) is 16.7. The summed E-state index contributed by atoms with van der Waals surface area (Å²) in [6.07, 6.45) is 5.43. The minimum absolute atomic E-state index is 0.508. The van der Waals surface area contributed by atoms with Crippen LogP contribution in [0.4, 0.5) is 0 Å². The van der Waals surface area contributed by atoms with Crippen molar-refractivity contribution in [3.8, 4) is 0 Å². The lowest BCUT2D eigenvalue weighted by molar-refractivity contribution is 0.584. The van der Waals surface area contributed by atoms with Gasteiger partial charge in [0.2, 0.25) is 0 Å². The van der Waals surface area contributed by atoms with Crippen LogP contribution in [0.15, 0.2) is 23.1 Å². The van der Waals surface area contributed by atoms with Crippen LogP contribution in [-0.4, -0.2) is 11.3 Å². The van der Waals surface area contributed by atoms with Gasteiger partial charge in [-0.1, -0.05) is 50.4 Å². The Balaban J connectivity index is 2.09. The third kappa shape index (κ3) is 3.91. The van der Waals surface area contributed by atoms with Crippen LogP contribution in [0, 0.1) is 0 Å². The number of hydrogen-bond donors (Lipinski definition) is 1. The third-order valence-corrected chi connectivity index (χ3v) is 5.29. The van der Waals surface area contributed by atoms with Crippen LogP contribution in [0.1, 0.15) is 45.1 Å². The van der Waals surface area contributed by atoms with Gasteiger partial charge in [-0.05, 0) is 24.5 Å². The van der Waals surface area contributed by atoms with Crippen molar-refractivity contribution in [3.63, 3.8) is 0 Å². The van der Waals surface area contributed by atoms with E-state index in [9.17, 15) is 0 Å². The lowest BCUT2D eigenvalue weighted by Gasteiger charge is -2.16. The summed E-state index contributed by atoms with van der Waals surface area (Å²) in [6.45, 7) is 5.26. The SMILES string of the molecule is CC(C)NCc1cccc(Cl)c1SC1CCCC1. The van der Waals surface area contributed by atoms with E-state index in [0.29, 0.717) is 6.04 Å². The van der Waals surface area contributed by atoms with E-state index in [0.717, 1.165) is 16.8 Å². The Hall–Kier alpha value is -0.180. The summed E-state index contributed by atoms with van der Waals surface area (Å²) in [4.78, 5) is 1.29. The fraction of sp³-hybridized carbons (Fsp3) is 0.600. The molecule has 3 heteroatoms. The van der Waals surface area contributed by atoms with Crippen LogP contribution >= 0.6 is 23.4 Å². The van der Waals surface area contributed by atoms with E-state index in [1.54, 1.807) is 0 Å². The number of rotatable bonds is 5. The standard InChI is InChI=1S/C15H22ClNS/c1-11(2)17-10-12-6-5-9-14(16)15(12)18-13-7-3-4-8-13/h5-6,9,11,13,17H,3-4,7-8,10H2,1-2H3. The number of nitrogens with one attached hydrogen (secondary N) is 1. The van der Waals surface area contributed by atoms with Crippen LogP contribution in [0.3, 0.4) is 0 Å². The van der Waals surface area contributed by atoms with Gasteiger partial charge in [-0.15, -0.1) is 11.8 Å². The second kappa shape index (κ2) is 6.83. The molecule has 18 heavy (non-hydrogen) atoms. The molecule has 0 aliphatic heterocycles. The van der Waals surface area contributed by atoms with Crippen molar-refractivity contribution in [2.75, 3.05) is 0 Å². The molecule has 1 fully saturated rings. The smallest absolute Gasteiger partial charge is 0.0545 e. The summed E-state index contributed by atoms with van der Waals surface area (Å²) in [6, 6.07) is 6.77. The Morgan fingerprint density at radius 1 is 1.33 bits per heavy atom. The molecule has 0 saturated heterocycles. The molecule has 0 atom stereocenters. The third-order valence-electron chi connectivity index (χ3n) is 3.34. The summed E-state index contributed by atoms with van der Waals surface area (Å²) in [5.41, 5.74) is 1.34. The molecule has 1 nitrogen and oxygen atoms in total. The van der Waals surface area contributed by atoms with E-state index in [-0.39, 0.29) is 0 Å². The molecule has 0 spiro atoms. The molecule has 1 aromatic rings. The summed E-state index contributed by atoms with van der Waals surface area (Å²) in [5, 5.41) is 5.16. The highest BCUT2D eigenvalue weighted by atomic mass is 35.5. The minimum atomic E-state index is 0.508. The molecule has 100 valence electrons. The van der Waals surface area contributed by atoms with Gasteiger partial charge in [0.1, 0.15) is 0 Å². The maximum absolute atomic E-state index is 6.37. The first-order chi connectivity index (χ1) is 8.66. The van der Waals surface area contributed by atoms with Crippen molar-refractivity contribution < 1.29 is 0 Å². The van der Waals surface area contributed by atoms with E-state index >= 15 is 0 Å². The number of halogens is 1. The molecule has 1 aliphatic rings. The Morgan fingerprint density at radius 3 is 2.72 bits per heavy atom. The van der Waals surface area contributed by atoms with Gasteiger partial charge in [-0.2, -0.15) is 0 Å². The van der Waals surface area contributed by atoms with Crippen LogP contribution in [0.2, 0.25) is 5.02 Å². The number of thioether (sulfide) groups is 1. The highest BCUT2D eigenvalue weighted by Crippen LogP contribution is 2.39. The quantitative estimate of drug-likeness (QED) is 0.827. The van der Waals surface area contributed by atoms with Gasteiger partial charge in [0, 0.05) is 22.7 Å². The first kappa shape index (κ1) is 14.2.